The number of hydrogen-bond donors (Lipinski definition) is 0. The molecule has 1 aliphatic rings. The van der Waals surface area contributed by atoms with E-state index in [4.69, 9.17) is 4.42 Å². The maximum Gasteiger partial charge on any atom is 0.419 e. The molecule has 0 unspecified atom stereocenters. The number of aryl methyl sites for hydroxylation is 2. The van der Waals surface area contributed by atoms with Crippen LogP contribution >= 0.6 is 0 Å². The number of oxazole rings is 1. The number of carbonyl (C=O) groups excluding carboxylic acids is 1. The Bertz CT molecular complexity index is 721. The summed E-state index contributed by atoms with van der Waals surface area (Å²) in [6.45, 7) is 1.79. The van der Waals surface area contributed by atoms with Crippen molar-refractivity contribution in [2.45, 2.75) is 38.5 Å². The lowest BCUT2D eigenvalue weighted by molar-refractivity contribution is -0.131. The Labute approximate surface area is 129 Å². The number of amides is 1. The summed E-state index contributed by atoms with van der Waals surface area (Å²) < 4.78 is 6.62. The molecule has 3 rings (SSSR count). The Balaban J connectivity index is 1.66. The molecule has 2 heterocycles. The third-order valence-corrected chi connectivity index (χ3v) is 4.44. The van der Waals surface area contributed by atoms with E-state index in [2.05, 4.69) is 0 Å². The van der Waals surface area contributed by atoms with Crippen molar-refractivity contribution in [3.05, 3.63) is 34.3 Å². The Morgan fingerprint density at radius 2 is 1.91 bits per heavy atom. The monoisotopic (exact) mass is 302 g/mol. The fourth-order valence-corrected chi connectivity index (χ4v) is 3.06. The van der Waals surface area contributed by atoms with Gasteiger partial charge in [-0.25, -0.2) is 4.79 Å². The van der Waals surface area contributed by atoms with Crippen LogP contribution in [0, 0.1) is 0 Å². The van der Waals surface area contributed by atoms with E-state index in [1.807, 2.05) is 23.1 Å². The van der Waals surface area contributed by atoms with Gasteiger partial charge in [-0.05, 0) is 37.0 Å². The molecule has 1 aliphatic heterocycles. The van der Waals surface area contributed by atoms with Crippen LogP contribution in [-0.4, -0.2) is 28.5 Å². The summed E-state index contributed by atoms with van der Waals surface area (Å²) in [5.41, 5.74) is 2.44. The molecule has 1 saturated heterocycles. The van der Waals surface area contributed by atoms with Crippen molar-refractivity contribution >= 4 is 17.0 Å². The van der Waals surface area contributed by atoms with Gasteiger partial charge in [0.05, 0.1) is 5.52 Å². The smallest absolute Gasteiger partial charge is 0.408 e. The summed E-state index contributed by atoms with van der Waals surface area (Å²) in [6, 6.07) is 5.68. The van der Waals surface area contributed by atoms with Gasteiger partial charge in [0.15, 0.2) is 5.58 Å². The van der Waals surface area contributed by atoms with Crippen LogP contribution in [-0.2, 0) is 18.3 Å². The third-order valence-electron chi connectivity index (χ3n) is 4.44. The molecule has 1 amide bonds. The zero-order valence-electron chi connectivity index (χ0n) is 13.0. The predicted molar refractivity (Wildman–Crippen MR) is 84.8 cm³/mol. The first-order valence-corrected chi connectivity index (χ1v) is 8.01. The van der Waals surface area contributed by atoms with E-state index in [0.29, 0.717) is 18.4 Å². The molecular formula is C17H22N2O3. The normalized spacial score (nSPS) is 16.0. The molecule has 0 aliphatic carbocycles. The second-order valence-electron chi connectivity index (χ2n) is 6.02. The maximum absolute atomic E-state index is 12.3. The first-order chi connectivity index (χ1) is 10.6. The molecule has 1 fully saturated rings. The van der Waals surface area contributed by atoms with Crippen LogP contribution < -0.4 is 5.76 Å². The van der Waals surface area contributed by atoms with Gasteiger partial charge in [-0.2, -0.15) is 0 Å². The van der Waals surface area contributed by atoms with Crippen LogP contribution in [0.4, 0.5) is 0 Å². The molecule has 22 heavy (non-hydrogen) atoms. The standard InChI is InChI=1S/C17H22N2O3/c1-18-14-12-13(6-8-15(14)22-17(18)21)7-9-16(20)19-10-4-2-3-5-11-19/h6,8,12H,2-5,7,9-11H2,1H3. The fourth-order valence-electron chi connectivity index (χ4n) is 3.06. The molecule has 5 nitrogen and oxygen atoms in total. The van der Waals surface area contributed by atoms with Gasteiger partial charge in [0.1, 0.15) is 0 Å². The van der Waals surface area contributed by atoms with E-state index in [-0.39, 0.29) is 11.7 Å². The highest BCUT2D eigenvalue weighted by Crippen LogP contribution is 2.16. The molecule has 5 heteroatoms. The summed E-state index contributed by atoms with van der Waals surface area (Å²) in [5, 5.41) is 0. The second kappa shape index (κ2) is 6.38. The summed E-state index contributed by atoms with van der Waals surface area (Å²) in [5.74, 6) is -0.115. The van der Waals surface area contributed by atoms with Crippen molar-refractivity contribution < 1.29 is 9.21 Å². The molecule has 0 N–H and O–H groups in total. The Morgan fingerprint density at radius 1 is 1.18 bits per heavy atom. The summed E-state index contributed by atoms with van der Waals surface area (Å²) in [6.07, 6.45) is 5.93. The Hall–Kier alpha value is -2.04. The van der Waals surface area contributed by atoms with Crippen LogP contribution in [0.15, 0.2) is 27.4 Å². The van der Waals surface area contributed by atoms with E-state index in [1.165, 1.54) is 17.4 Å². The fraction of sp³-hybridized carbons (Fsp3) is 0.529. The van der Waals surface area contributed by atoms with Crippen molar-refractivity contribution in [3.8, 4) is 0 Å². The van der Waals surface area contributed by atoms with Gasteiger partial charge in [-0.15, -0.1) is 0 Å². The topological polar surface area (TPSA) is 55.5 Å². The summed E-state index contributed by atoms with van der Waals surface area (Å²) in [4.78, 5) is 25.8. The number of aromatic nitrogens is 1. The van der Waals surface area contributed by atoms with Crippen LogP contribution in [0.1, 0.15) is 37.7 Å². The number of nitrogens with zero attached hydrogens (tertiary/aromatic N) is 2. The SMILES string of the molecule is Cn1c(=O)oc2ccc(CCC(=O)N3CCCCCC3)cc21. The second-order valence-corrected chi connectivity index (χ2v) is 6.02. The summed E-state index contributed by atoms with van der Waals surface area (Å²) in [7, 11) is 1.69. The predicted octanol–water partition coefficient (Wildman–Crippen LogP) is 2.47. The highest BCUT2D eigenvalue weighted by molar-refractivity contribution is 5.77. The quantitative estimate of drug-likeness (QED) is 0.875. The van der Waals surface area contributed by atoms with Crippen molar-refractivity contribution in [3.63, 3.8) is 0 Å². The lowest BCUT2D eigenvalue weighted by Gasteiger charge is -2.20. The molecule has 0 bridgehead atoms. The van der Waals surface area contributed by atoms with E-state index >= 15 is 0 Å². The molecule has 1 aromatic heterocycles. The average Bonchev–Trinajstić information content (AvgIpc) is 2.74. The van der Waals surface area contributed by atoms with Gasteiger partial charge >= 0.3 is 5.76 Å². The molecule has 2 aromatic rings. The first-order valence-electron chi connectivity index (χ1n) is 8.01. The number of fused-ring (bicyclic) bond motifs is 1. The molecule has 0 atom stereocenters. The zero-order valence-corrected chi connectivity index (χ0v) is 13.0. The minimum atomic E-state index is -0.354. The molecule has 0 saturated carbocycles. The Morgan fingerprint density at radius 3 is 2.64 bits per heavy atom. The Kier molecular flexibility index (Phi) is 4.32. The zero-order chi connectivity index (χ0) is 15.5. The number of benzene rings is 1. The highest BCUT2D eigenvalue weighted by Gasteiger charge is 2.15. The molecule has 118 valence electrons. The van der Waals surface area contributed by atoms with E-state index in [9.17, 15) is 9.59 Å². The minimum Gasteiger partial charge on any atom is -0.408 e. The molecule has 0 radical (unpaired) electrons. The largest absolute Gasteiger partial charge is 0.419 e. The maximum atomic E-state index is 12.3. The lowest BCUT2D eigenvalue weighted by Crippen LogP contribution is -2.31. The van der Waals surface area contributed by atoms with Gasteiger partial charge in [-0.3, -0.25) is 9.36 Å². The number of likely N-dealkylation sites (tertiary alicyclic amines) is 1. The summed E-state index contributed by atoms with van der Waals surface area (Å²) >= 11 is 0. The van der Waals surface area contributed by atoms with Crippen molar-refractivity contribution in [2.75, 3.05) is 13.1 Å². The van der Waals surface area contributed by atoms with Crippen LogP contribution in [0.5, 0.6) is 0 Å². The molecule has 1 aromatic carbocycles. The van der Waals surface area contributed by atoms with Crippen molar-refractivity contribution in [2.24, 2.45) is 7.05 Å². The van der Waals surface area contributed by atoms with Gasteiger partial charge in [-0.1, -0.05) is 18.9 Å². The van der Waals surface area contributed by atoms with Gasteiger partial charge in [0.25, 0.3) is 0 Å². The third kappa shape index (κ3) is 3.08. The molecular weight excluding hydrogens is 280 g/mol. The molecule has 0 spiro atoms. The van der Waals surface area contributed by atoms with Gasteiger partial charge in [0.2, 0.25) is 5.91 Å². The van der Waals surface area contributed by atoms with Crippen LogP contribution in [0.2, 0.25) is 0 Å². The average molecular weight is 302 g/mol. The van der Waals surface area contributed by atoms with Crippen LogP contribution in [0.3, 0.4) is 0 Å². The number of hydrogen-bond acceptors (Lipinski definition) is 3. The number of carbonyl (C=O) groups is 1. The number of rotatable bonds is 3. The van der Waals surface area contributed by atoms with Crippen LogP contribution in [0.25, 0.3) is 11.1 Å². The highest BCUT2D eigenvalue weighted by atomic mass is 16.4. The van der Waals surface area contributed by atoms with Crippen molar-refractivity contribution in [1.82, 2.24) is 9.47 Å². The van der Waals surface area contributed by atoms with E-state index in [1.54, 1.807) is 7.05 Å². The minimum absolute atomic E-state index is 0.239. The van der Waals surface area contributed by atoms with Gasteiger partial charge < -0.3 is 9.32 Å². The lowest BCUT2D eigenvalue weighted by atomic mass is 10.1. The van der Waals surface area contributed by atoms with Crippen molar-refractivity contribution in [1.29, 1.82) is 0 Å². The first kappa shape index (κ1) is 14.9. The van der Waals surface area contributed by atoms with Gasteiger partial charge in [0, 0.05) is 26.6 Å². The van der Waals surface area contributed by atoms with E-state index < -0.39 is 0 Å². The van der Waals surface area contributed by atoms with E-state index in [0.717, 1.165) is 37.0 Å².